The van der Waals surface area contributed by atoms with Gasteiger partial charge in [0.25, 0.3) is 5.91 Å². The van der Waals surface area contributed by atoms with Gasteiger partial charge in [-0.15, -0.1) is 0 Å². The maximum absolute atomic E-state index is 13.0. The van der Waals surface area contributed by atoms with E-state index >= 15 is 0 Å². The molecule has 0 spiro atoms. The number of hydrogen-bond acceptors (Lipinski definition) is 2. The molecule has 0 saturated carbocycles. The zero-order valence-electron chi connectivity index (χ0n) is 11.4. The molecule has 0 bridgehead atoms. The van der Waals surface area contributed by atoms with Crippen LogP contribution in [0, 0.1) is 11.6 Å². The summed E-state index contributed by atoms with van der Waals surface area (Å²) in [6.45, 7) is 0.127. The number of halogens is 2. The fraction of sp³-hybridized carbons (Fsp3) is 0.0667. The first kappa shape index (κ1) is 15.8. The van der Waals surface area contributed by atoms with Crippen molar-refractivity contribution >= 4 is 23.2 Å². The second-order valence-electron chi connectivity index (χ2n) is 4.41. The van der Waals surface area contributed by atoms with Crippen LogP contribution in [0.5, 0.6) is 0 Å². The first-order valence-corrected chi connectivity index (χ1v) is 6.79. The molecule has 0 aromatic heterocycles. The van der Waals surface area contributed by atoms with Crippen LogP contribution in [0.1, 0.15) is 15.9 Å². The Balaban J connectivity index is 1.80. The van der Waals surface area contributed by atoms with Gasteiger partial charge in [0.05, 0.1) is 0 Å². The van der Waals surface area contributed by atoms with Crippen molar-refractivity contribution in [3.8, 4) is 0 Å². The fourth-order valence-corrected chi connectivity index (χ4v) is 1.84. The summed E-state index contributed by atoms with van der Waals surface area (Å²) in [4.78, 5) is 11.8. The van der Waals surface area contributed by atoms with E-state index in [9.17, 15) is 13.6 Å². The van der Waals surface area contributed by atoms with Gasteiger partial charge in [0, 0.05) is 18.2 Å². The molecule has 2 aromatic rings. The average Bonchev–Trinajstić information content (AvgIpc) is 2.50. The molecule has 0 saturated heterocycles. The summed E-state index contributed by atoms with van der Waals surface area (Å²) < 4.78 is 26.0. The SMILES string of the molecule is O=C(NNC(=S)NCc1cc(F)cc(F)c1)c1ccccc1. The van der Waals surface area contributed by atoms with Crippen LogP contribution in [0.25, 0.3) is 0 Å². The van der Waals surface area contributed by atoms with Crippen LogP contribution < -0.4 is 16.2 Å². The van der Waals surface area contributed by atoms with E-state index < -0.39 is 11.6 Å². The van der Waals surface area contributed by atoms with Crippen molar-refractivity contribution in [3.63, 3.8) is 0 Å². The topological polar surface area (TPSA) is 53.2 Å². The van der Waals surface area contributed by atoms with Gasteiger partial charge in [0.15, 0.2) is 5.11 Å². The Bertz CT molecular complexity index is 659. The lowest BCUT2D eigenvalue weighted by atomic mass is 10.2. The minimum absolute atomic E-state index is 0.127. The average molecular weight is 321 g/mol. The summed E-state index contributed by atoms with van der Waals surface area (Å²) in [6, 6.07) is 11.8. The van der Waals surface area contributed by atoms with Crippen LogP contribution in [-0.2, 0) is 6.54 Å². The highest BCUT2D eigenvalue weighted by atomic mass is 32.1. The lowest BCUT2D eigenvalue weighted by molar-refractivity contribution is 0.0943. The van der Waals surface area contributed by atoms with Gasteiger partial charge < -0.3 is 5.32 Å². The highest BCUT2D eigenvalue weighted by Gasteiger charge is 2.05. The Morgan fingerprint density at radius 1 is 1.00 bits per heavy atom. The predicted molar refractivity (Wildman–Crippen MR) is 82.8 cm³/mol. The Labute approximate surface area is 131 Å². The number of carbonyl (C=O) groups excluding carboxylic acids is 1. The van der Waals surface area contributed by atoms with Crippen molar-refractivity contribution in [3.05, 3.63) is 71.3 Å². The third-order valence-electron chi connectivity index (χ3n) is 2.70. The van der Waals surface area contributed by atoms with Gasteiger partial charge in [-0.2, -0.15) is 0 Å². The smallest absolute Gasteiger partial charge is 0.269 e. The van der Waals surface area contributed by atoms with Crippen LogP contribution in [0.15, 0.2) is 48.5 Å². The minimum Gasteiger partial charge on any atom is -0.357 e. The second-order valence-corrected chi connectivity index (χ2v) is 4.81. The molecule has 0 aliphatic carbocycles. The summed E-state index contributed by atoms with van der Waals surface area (Å²) in [5, 5.41) is 2.87. The zero-order valence-corrected chi connectivity index (χ0v) is 12.2. The molecule has 0 aliphatic heterocycles. The summed E-state index contributed by atoms with van der Waals surface area (Å²) in [6.07, 6.45) is 0. The van der Waals surface area contributed by atoms with E-state index in [0.29, 0.717) is 11.1 Å². The Morgan fingerprint density at radius 2 is 1.64 bits per heavy atom. The highest BCUT2D eigenvalue weighted by Crippen LogP contribution is 2.07. The van der Waals surface area contributed by atoms with Gasteiger partial charge >= 0.3 is 0 Å². The molecule has 0 radical (unpaired) electrons. The molecule has 1 amide bonds. The van der Waals surface area contributed by atoms with E-state index in [1.54, 1.807) is 30.3 Å². The van der Waals surface area contributed by atoms with Crippen LogP contribution in [0.2, 0.25) is 0 Å². The molecule has 7 heteroatoms. The van der Waals surface area contributed by atoms with E-state index in [1.165, 1.54) is 12.1 Å². The van der Waals surface area contributed by atoms with Crippen molar-refractivity contribution in [1.29, 1.82) is 0 Å². The molecule has 2 aromatic carbocycles. The second kappa shape index (κ2) is 7.46. The molecule has 3 N–H and O–H groups in total. The maximum atomic E-state index is 13.0. The van der Waals surface area contributed by atoms with Crippen LogP contribution >= 0.6 is 12.2 Å². The third kappa shape index (κ3) is 4.78. The molecule has 4 nitrogen and oxygen atoms in total. The number of carbonyl (C=O) groups is 1. The van der Waals surface area contributed by atoms with Gasteiger partial charge in [-0.05, 0) is 42.0 Å². The van der Waals surface area contributed by atoms with Crippen molar-refractivity contribution in [2.24, 2.45) is 0 Å². The van der Waals surface area contributed by atoms with Crippen molar-refractivity contribution in [1.82, 2.24) is 16.2 Å². The van der Waals surface area contributed by atoms with Crippen molar-refractivity contribution in [2.45, 2.75) is 6.54 Å². The maximum Gasteiger partial charge on any atom is 0.269 e. The summed E-state index contributed by atoms with van der Waals surface area (Å²) in [5.74, 6) is -1.66. The molecular weight excluding hydrogens is 308 g/mol. The number of hydrogen-bond donors (Lipinski definition) is 3. The van der Waals surface area contributed by atoms with Crippen LogP contribution in [0.3, 0.4) is 0 Å². The fourth-order valence-electron chi connectivity index (χ4n) is 1.71. The number of hydrazine groups is 1. The molecule has 0 atom stereocenters. The summed E-state index contributed by atoms with van der Waals surface area (Å²) in [5.41, 5.74) is 5.81. The molecule has 0 fully saturated rings. The zero-order chi connectivity index (χ0) is 15.9. The van der Waals surface area contributed by atoms with Gasteiger partial charge in [-0.25, -0.2) is 8.78 Å². The van der Waals surface area contributed by atoms with Gasteiger partial charge in [-0.3, -0.25) is 15.6 Å². The van der Waals surface area contributed by atoms with E-state index in [1.807, 2.05) is 0 Å². The van der Waals surface area contributed by atoms with E-state index in [0.717, 1.165) is 6.07 Å². The Hall–Kier alpha value is -2.54. The first-order valence-electron chi connectivity index (χ1n) is 6.39. The normalized spacial score (nSPS) is 9.91. The quantitative estimate of drug-likeness (QED) is 0.600. The van der Waals surface area contributed by atoms with Gasteiger partial charge in [0.2, 0.25) is 0 Å². The Morgan fingerprint density at radius 3 is 2.27 bits per heavy atom. The molecule has 22 heavy (non-hydrogen) atoms. The standard InChI is InChI=1S/C15H13F2N3OS/c16-12-6-10(7-13(17)8-12)9-18-15(22)20-19-14(21)11-4-2-1-3-5-11/h1-8H,9H2,(H,19,21)(H2,18,20,22). The number of nitrogens with one attached hydrogen (secondary N) is 3. The van der Waals surface area contributed by atoms with Crippen LogP contribution in [0.4, 0.5) is 8.78 Å². The molecule has 2 rings (SSSR count). The van der Waals surface area contributed by atoms with Crippen molar-refractivity contribution in [2.75, 3.05) is 0 Å². The monoisotopic (exact) mass is 321 g/mol. The van der Waals surface area contributed by atoms with E-state index in [-0.39, 0.29) is 17.6 Å². The lowest BCUT2D eigenvalue weighted by Gasteiger charge is -2.11. The third-order valence-corrected chi connectivity index (χ3v) is 2.95. The van der Waals surface area contributed by atoms with Crippen molar-refractivity contribution < 1.29 is 13.6 Å². The molecule has 114 valence electrons. The lowest BCUT2D eigenvalue weighted by Crippen LogP contribution is -2.46. The number of thiocarbonyl (C=S) groups is 1. The number of rotatable bonds is 3. The Kier molecular flexibility index (Phi) is 5.37. The van der Waals surface area contributed by atoms with Crippen LogP contribution in [-0.4, -0.2) is 11.0 Å². The van der Waals surface area contributed by atoms with E-state index in [4.69, 9.17) is 12.2 Å². The highest BCUT2D eigenvalue weighted by molar-refractivity contribution is 7.80. The predicted octanol–water partition coefficient (Wildman–Crippen LogP) is 2.27. The number of amides is 1. The number of benzene rings is 2. The largest absolute Gasteiger partial charge is 0.357 e. The summed E-state index contributed by atoms with van der Waals surface area (Å²) in [7, 11) is 0. The molecule has 0 heterocycles. The first-order chi connectivity index (χ1) is 10.5. The van der Waals surface area contributed by atoms with Gasteiger partial charge in [0.1, 0.15) is 11.6 Å². The molecular formula is C15H13F2N3OS. The van der Waals surface area contributed by atoms with E-state index in [2.05, 4.69) is 16.2 Å². The minimum atomic E-state index is -0.659. The molecule has 0 aliphatic rings. The van der Waals surface area contributed by atoms with Gasteiger partial charge in [-0.1, -0.05) is 18.2 Å². The molecule has 0 unspecified atom stereocenters. The summed E-state index contributed by atoms with van der Waals surface area (Å²) >= 11 is 4.96.